The van der Waals surface area contributed by atoms with Gasteiger partial charge in [0.05, 0.1) is 11.7 Å². The monoisotopic (exact) mass is 254 g/mol. The first-order chi connectivity index (χ1) is 9.33. The van der Waals surface area contributed by atoms with Gasteiger partial charge in [-0.1, -0.05) is 32.0 Å². The summed E-state index contributed by atoms with van der Waals surface area (Å²) >= 11 is 0. The number of fused-ring (bicyclic) bond motifs is 1. The summed E-state index contributed by atoms with van der Waals surface area (Å²) in [6, 6.07) is 8.42. The van der Waals surface area contributed by atoms with Crippen LogP contribution in [-0.2, 0) is 12.8 Å². The van der Waals surface area contributed by atoms with Gasteiger partial charge in [-0.25, -0.2) is 4.98 Å². The first-order valence-electron chi connectivity index (χ1n) is 6.87. The van der Waals surface area contributed by atoms with Crippen LogP contribution >= 0.6 is 0 Å². The lowest BCUT2D eigenvalue weighted by Crippen LogP contribution is -1.88. The number of hydrogen-bond acceptors (Lipinski definition) is 2. The molecule has 2 heterocycles. The summed E-state index contributed by atoms with van der Waals surface area (Å²) < 4.78 is 7.93. The van der Waals surface area contributed by atoms with Crippen LogP contribution < -0.4 is 0 Å². The van der Waals surface area contributed by atoms with Crippen molar-refractivity contribution >= 4 is 10.9 Å². The second kappa shape index (κ2) is 4.92. The molecule has 0 bridgehead atoms. The van der Waals surface area contributed by atoms with Gasteiger partial charge in [0.2, 0.25) is 5.88 Å². The van der Waals surface area contributed by atoms with Crippen LogP contribution in [0.25, 0.3) is 16.8 Å². The van der Waals surface area contributed by atoms with Crippen molar-refractivity contribution in [1.82, 2.24) is 9.55 Å². The highest BCUT2D eigenvalue weighted by molar-refractivity contribution is 5.85. The average Bonchev–Trinajstić information content (AvgIpc) is 3.03. The van der Waals surface area contributed by atoms with Gasteiger partial charge in [-0.15, -0.1) is 0 Å². The van der Waals surface area contributed by atoms with Crippen LogP contribution in [0.2, 0.25) is 0 Å². The van der Waals surface area contributed by atoms with Crippen LogP contribution in [0.15, 0.2) is 41.1 Å². The number of rotatable bonds is 4. The molecule has 0 spiro atoms. The molecule has 0 N–H and O–H groups in total. The van der Waals surface area contributed by atoms with E-state index >= 15 is 0 Å². The van der Waals surface area contributed by atoms with E-state index in [-0.39, 0.29) is 0 Å². The molecule has 3 nitrogen and oxygen atoms in total. The molecule has 0 aliphatic carbocycles. The molecule has 19 heavy (non-hydrogen) atoms. The van der Waals surface area contributed by atoms with E-state index in [1.165, 1.54) is 16.5 Å². The van der Waals surface area contributed by atoms with Gasteiger partial charge in [-0.05, 0) is 24.5 Å². The molecule has 98 valence electrons. The van der Waals surface area contributed by atoms with Crippen LogP contribution in [0.5, 0.6) is 0 Å². The number of para-hydroxylation sites is 1. The molecule has 1 aromatic carbocycles. The molecular formula is C16H18N2O. The lowest BCUT2D eigenvalue weighted by atomic mass is 10.1. The molecule has 3 heteroatoms. The summed E-state index contributed by atoms with van der Waals surface area (Å²) in [6.45, 7) is 4.30. The minimum Gasteiger partial charge on any atom is -0.424 e. The summed E-state index contributed by atoms with van der Waals surface area (Å²) in [4.78, 5) is 4.34. The van der Waals surface area contributed by atoms with Crippen LogP contribution in [0.4, 0.5) is 0 Å². The summed E-state index contributed by atoms with van der Waals surface area (Å²) in [5.41, 5.74) is 2.52. The van der Waals surface area contributed by atoms with Gasteiger partial charge in [0.1, 0.15) is 0 Å². The van der Waals surface area contributed by atoms with Crippen LogP contribution in [-0.4, -0.2) is 9.55 Å². The second-order valence-electron chi connectivity index (χ2n) is 4.74. The largest absolute Gasteiger partial charge is 0.424 e. The third kappa shape index (κ3) is 2.05. The summed E-state index contributed by atoms with van der Waals surface area (Å²) in [6.07, 6.45) is 6.92. The van der Waals surface area contributed by atoms with E-state index in [1.54, 1.807) is 0 Å². The van der Waals surface area contributed by atoms with E-state index in [1.807, 2.05) is 6.20 Å². The number of benzene rings is 1. The normalized spacial score (nSPS) is 11.3. The highest BCUT2D eigenvalue weighted by Crippen LogP contribution is 2.25. The van der Waals surface area contributed by atoms with Crippen molar-refractivity contribution in [3.05, 3.63) is 48.1 Å². The minimum atomic E-state index is 0.805. The van der Waals surface area contributed by atoms with Crippen molar-refractivity contribution in [2.75, 3.05) is 0 Å². The van der Waals surface area contributed by atoms with E-state index in [9.17, 15) is 0 Å². The maximum absolute atomic E-state index is 5.83. The van der Waals surface area contributed by atoms with E-state index in [0.29, 0.717) is 0 Å². The molecule has 0 aliphatic heterocycles. The molecule has 0 saturated carbocycles. The highest BCUT2D eigenvalue weighted by atomic mass is 16.4. The molecular weight excluding hydrogens is 236 g/mol. The number of aromatic nitrogens is 2. The smallest absolute Gasteiger partial charge is 0.224 e. The Labute approximate surface area is 112 Å². The average molecular weight is 254 g/mol. The fourth-order valence-corrected chi connectivity index (χ4v) is 2.46. The predicted octanol–water partition coefficient (Wildman–Crippen LogP) is 4.13. The molecule has 0 saturated heterocycles. The van der Waals surface area contributed by atoms with Crippen molar-refractivity contribution < 1.29 is 4.42 Å². The summed E-state index contributed by atoms with van der Waals surface area (Å²) in [5.74, 6) is 1.62. The van der Waals surface area contributed by atoms with E-state index in [2.05, 4.69) is 53.9 Å². The number of hydrogen-bond donors (Lipinski definition) is 0. The third-order valence-corrected chi connectivity index (χ3v) is 3.42. The van der Waals surface area contributed by atoms with Crippen molar-refractivity contribution in [2.45, 2.75) is 33.1 Å². The Bertz CT molecular complexity index is 694. The molecule has 0 aliphatic rings. The lowest BCUT2D eigenvalue weighted by Gasteiger charge is -1.99. The Morgan fingerprint density at radius 3 is 2.84 bits per heavy atom. The maximum Gasteiger partial charge on any atom is 0.224 e. The van der Waals surface area contributed by atoms with Gasteiger partial charge in [0, 0.05) is 18.0 Å². The van der Waals surface area contributed by atoms with Gasteiger partial charge in [0.15, 0.2) is 5.89 Å². The SMILES string of the molecule is CCCc1ncc(-n2cc(CC)c3ccccc32)o1. The number of aryl methyl sites for hydroxylation is 2. The Hall–Kier alpha value is -2.03. The van der Waals surface area contributed by atoms with Crippen LogP contribution in [0.3, 0.4) is 0 Å². The van der Waals surface area contributed by atoms with Gasteiger partial charge >= 0.3 is 0 Å². The maximum atomic E-state index is 5.83. The van der Waals surface area contributed by atoms with Gasteiger partial charge in [-0.2, -0.15) is 0 Å². The molecule has 0 unspecified atom stereocenters. The quantitative estimate of drug-likeness (QED) is 0.700. The van der Waals surface area contributed by atoms with Gasteiger partial charge < -0.3 is 4.42 Å². The van der Waals surface area contributed by atoms with E-state index in [0.717, 1.165) is 31.0 Å². The Morgan fingerprint density at radius 2 is 2.05 bits per heavy atom. The van der Waals surface area contributed by atoms with E-state index < -0.39 is 0 Å². The van der Waals surface area contributed by atoms with Crippen molar-refractivity contribution in [3.63, 3.8) is 0 Å². The Kier molecular flexibility index (Phi) is 3.11. The predicted molar refractivity (Wildman–Crippen MR) is 76.7 cm³/mol. The zero-order chi connectivity index (χ0) is 13.2. The highest BCUT2D eigenvalue weighted by Gasteiger charge is 2.11. The number of nitrogens with zero attached hydrogens (tertiary/aromatic N) is 2. The molecule has 0 amide bonds. The summed E-state index contributed by atoms with van der Waals surface area (Å²) in [7, 11) is 0. The van der Waals surface area contributed by atoms with Gasteiger partial charge in [0.25, 0.3) is 0 Å². The first-order valence-corrected chi connectivity index (χ1v) is 6.87. The molecule has 2 aromatic heterocycles. The number of oxazole rings is 1. The summed E-state index contributed by atoms with van der Waals surface area (Å²) in [5, 5.41) is 1.29. The zero-order valence-corrected chi connectivity index (χ0v) is 11.4. The van der Waals surface area contributed by atoms with Gasteiger partial charge in [-0.3, -0.25) is 4.57 Å². The standard InChI is InChI=1S/C16H18N2O/c1-3-7-15-17-10-16(19-15)18-11-12(4-2)13-8-5-6-9-14(13)18/h5-6,8-11H,3-4,7H2,1-2H3. The van der Waals surface area contributed by atoms with Crippen molar-refractivity contribution in [2.24, 2.45) is 0 Å². The topological polar surface area (TPSA) is 31.0 Å². The fraction of sp³-hybridized carbons (Fsp3) is 0.312. The molecule has 3 aromatic rings. The molecule has 3 rings (SSSR count). The molecule has 0 atom stereocenters. The van der Waals surface area contributed by atoms with Crippen LogP contribution in [0, 0.1) is 0 Å². The minimum absolute atomic E-state index is 0.805. The van der Waals surface area contributed by atoms with Crippen molar-refractivity contribution in [3.8, 4) is 5.88 Å². The molecule has 0 fully saturated rings. The first kappa shape index (κ1) is 12.0. The second-order valence-corrected chi connectivity index (χ2v) is 4.74. The fourth-order valence-electron chi connectivity index (χ4n) is 2.46. The lowest BCUT2D eigenvalue weighted by molar-refractivity contribution is 0.477. The van der Waals surface area contributed by atoms with Crippen LogP contribution in [0.1, 0.15) is 31.7 Å². The van der Waals surface area contributed by atoms with Crippen molar-refractivity contribution in [1.29, 1.82) is 0 Å². The third-order valence-electron chi connectivity index (χ3n) is 3.42. The molecule has 0 radical (unpaired) electrons. The Morgan fingerprint density at radius 1 is 1.21 bits per heavy atom. The zero-order valence-electron chi connectivity index (χ0n) is 11.4. The van der Waals surface area contributed by atoms with E-state index in [4.69, 9.17) is 4.42 Å². The Balaban J connectivity index is 2.13.